The van der Waals surface area contributed by atoms with Crippen molar-refractivity contribution in [1.29, 1.82) is 0 Å². The Balaban J connectivity index is 2.00. The van der Waals surface area contributed by atoms with Gasteiger partial charge in [0.1, 0.15) is 5.82 Å². The van der Waals surface area contributed by atoms with Crippen LogP contribution in [0.5, 0.6) is 0 Å². The molecular formula is C12H15ClFN. The molecule has 0 heterocycles. The Morgan fingerprint density at radius 3 is 2.73 bits per heavy atom. The quantitative estimate of drug-likeness (QED) is 0.844. The lowest BCUT2D eigenvalue weighted by Gasteiger charge is -2.31. The number of hydrogen-bond acceptors (Lipinski definition) is 1. The van der Waals surface area contributed by atoms with Crippen LogP contribution in [0.25, 0.3) is 0 Å². The zero-order valence-corrected chi connectivity index (χ0v) is 9.30. The Morgan fingerprint density at radius 1 is 1.47 bits per heavy atom. The minimum absolute atomic E-state index is 0.166. The van der Waals surface area contributed by atoms with Gasteiger partial charge in [0.15, 0.2) is 0 Å². The van der Waals surface area contributed by atoms with Crippen LogP contribution < -0.4 is 5.73 Å². The highest BCUT2D eigenvalue weighted by molar-refractivity contribution is 6.30. The van der Waals surface area contributed by atoms with E-state index in [9.17, 15) is 4.39 Å². The fourth-order valence-corrected chi connectivity index (χ4v) is 2.09. The van der Waals surface area contributed by atoms with Gasteiger partial charge in [0.25, 0.3) is 0 Å². The molecule has 2 N–H and O–H groups in total. The van der Waals surface area contributed by atoms with Crippen molar-refractivity contribution in [2.24, 2.45) is 11.7 Å². The van der Waals surface area contributed by atoms with Crippen molar-refractivity contribution >= 4 is 11.6 Å². The fourth-order valence-electron chi connectivity index (χ4n) is 1.97. The van der Waals surface area contributed by atoms with Crippen molar-refractivity contribution in [3.8, 4) is 0 Å². The molecule has 1 fully saturated rings. The number of benzene rings is 1. The molecule has 1 aliphatic carbocycles. The highest BCUT2D eigenvalue weighted by Gasteiger charge is 2.24. The molecule has 3 heteroatoms. The molecule has 1 unspecified atom stereocenters. The molecule has 0 aromatic heterocycles. The van der Waals surface area contributed by atoms with Crippen LogP contribution in [0.15, 0.2) is 18.2 Å². The van der Waals surface area contributed by atoms with Crippen LogP contribution in [0.3, 0.4) is 0 Å². The smallest absolute Gasteiger partial charge is 0.142 e. The Hall–Kier alpha value is -0.600. The Bertz CT molecular complexity index is 349. The van der Waals surface area contributed by atoms with E-state index in [0.29, 0.717) is 5.92 Å². The van der Waals surface area contributed by atoms with Crippen molar-refractivity contribution < 1.29 is 4.39 Å². The van der Waals surface area contributed by atoms with Crippen LogP contribution >= 0.6 is 11.6 Å². The maximum absolute atomic E-state index is 13.2. The fraction of sp³-hybridized carbons (Fsp3) is 0.500. The molecule has 1 nitrogen and oxygen atoms in total. The summed E-state index contributed by atoms with van der Waals surface area (Å²) in [7, 11) is 0. The molecule has 0 bridgehead atoms. The third-order valence-electron chi connectivity index (χ3n) is 3.21. The maximum Gasteiger partial charge on any atom is 0.142 e. The van der Waals surface area contributed by atoms with E-state index in [0.717, 1.165) is 12.0 Å². The molecule has 15 heavy (non-hydrogen) atoms. The van der Waals surface area contributed by atoms with E-state index >= 15 is 0 Å². The van der Waals surface area contributed by atoms with Crippen molar-refractivity contribution in [1.82, 2.24) is 0 Å². The Morgan fingerprint density at radius 2 is 2.20 bits per heavy atom. The van der Waals surface area contributed by atoms with E-state index < -0.39 is 0 Å². The van der Waals surface area contributed by atoms with Gasteiger partial charge in [-0.2, -0.15) is 0 Å². The molecule has 1 aromatic carbocycles. The monoisotopic (exact) mass is 227 g/mol. The second kappa shape index (κ2) is 4.50. The highest BCUT2D eigenvalue weighted by Crippen LogP contribution is 2.30. The van der Waals surface area contributed by atoms with E-state index in [1.54, 1.807) is 6.07 Å². The van der Waals surface area contributed by atoms with Crippen molar-refractivity contribution in [3.05, 3.63) is 34.6 Å². The molecule has 1 aromatic rings. The van der Waals surface area contributed by atoms with Gasteiger partial charge in [-0.3, -0.25) is 0 Å². The molecule has 0 aliphatic heterocycles. The molecule has 1 aliphatic rings. The number of nitrogens with two attached hydrogens (primary N) is 1. The normalized spacial score (nSPS) is 18.6. The first-order valence-corrected chi connectivity index (χ1v) is 5.74. The predicted molar refractivity (Wildman–Crippen MR) is 60.4 cm³/mol. The van der Waals surface area contributed by atoms with Crippen molar-refractivity contribution in [2.45, 2.75) is 31.7 Å². The number of rotatable bonds is 3. The van der Waals surface area contributed by atoms with Gasteiger partial charge in [-0.25, -0.2) is 4.39 Å². The largest absolute Gasteiger partial charge is 0.327 e. The number of hydrogen-bond donors (Lipinski definition) is 1. The number of halogens is 2. The van der Waals surface area contributed by atoms with Crippen LogP contribution in [0.4, 0.5) is 4.39 Å². The molecule has 1 atom stereocenters. The molecule has 0 radical (unpaired) electrons. The summed E-state index contributed by atoms with van der Waals surface area (Å²) in [6, 6.07) is 5.10. The van der Waals surface area contributed by atoms with Gasteiger partial charge < -0.3 is 5.73 Å². The van der Waals surface area contributed by atoms with Crippen LogP contribution in [-0.4, -0.2) is 6.04 Å². The Kier molecular flexibility index (Phi) is 3.27. The molecule has 2 rings (SSSR count). The second-order valence-corrected chi connectivity index (χ2v) is 4.71. The van der Waals surface area contributed by atoms with Crippen LogP contribution in [0.2, 0.25) is 5.02 Å². The first-order chi connectivity index (χ1) is 7.16. The summed E-state index contributed by atoms with van der Waals surface area (Å²) in [5.41, 5.74) is 6.98. The SMILES string of the molecule is NC(Cc1ccc(Cl)c(F)c1)C1CCC1. The lowest BCUT2D eigenvalue weighted by atomic mass is 9.78. The summed E-state index contributed by atoms with van der Waals surface area (Å²) in [6.45, 7) is 0. The highest BCUT2D eigenvalue weighted by atomic mass is 35.5. The van der Waals surface area contributed by atoms with Crippen LogP contribution in [0, 0.1) is 11.7 Å². The molecule has 0 spiro atoms. The van der Waals surface area contributed by atoms with Crippen molar-refractivity contribution in [2.75, 3.05) is 0 Å². The zero-order valence-electron chi connectivity index (χ0n) is 8.55. The minimum Gasteiger partial charge on any atom is -0.327 e. The summed E-state index contributed by atoms with van der Waals surface area (Å²) in [4.78, 5) is 0. The van der Waals surface area contributed by atoms with Crippen molar-refractivity contribution in [3.63, 3.8) is 0 Å². The summed E-state index contributed by atoms with van der Waals surface area (Å²) in [5.74, 6) is 0.277. The molecule has 82 valence electrons. The summed E-state index contributed by atoms with van der Waals surface area (Å²) >= 11 is 5.61. The molecule has 1 saturated carbocycles. The third-order valence-corrected chi connectivity index (χ3v) is 3.52. The Labute approximate surface area is 94.4 Å². The third kappa shape index (κ3) is 2.50. The van der Waals surface area contributed by atoms with Gasteiger partial charge in [-0.1, -0.05) is 24.1 Å². The predicted octanol–water partition coefficient (Wildman–Crippen LogP) is 3.15. The summed E-state index contributed by atoms with van der Waals surface area (Å²) in [6.07, 6.45) is 4.47. The average Bonchev–Trinajstić information content (AvgIpc) is 2.08. The van der Waals surface area contributed by atoms with E-state index in [1.807, 2.05) is 6.07 Å². The second-order valence-electron chi connectivity index (χ2n) is 4.31. The van der Waals surface area contributed by atoms with Gasteiger partial charge in [-0.15, -0.1) is 0 Å². The van der Waals surface area contributed by atoms with E-state index in [1.165, 1.54) is 25.3 Å². The van der Waals surface area contributed by atoms with Gasteiger partial charge in [0, 0.05) is 6.04 Å². The van der Waals surface area contributed by atoms with E-state index in [2.05, 4.69) is 0 Å². The van der Waals surface area contributed by atoms with E-state index in [4.69, 9.17) is 17.3 Å². The molecular weight excluding hydrogens is 213 g/mol. The first-order valence-electron chi connectivity index (χ1n) is 5.36. The lowest BCUT2D eigenvalue weighted by molar-refractivity contribution is 0.260. The standard InChI is InChI=1S/C12H15ClFN/c13-10-5-4-8(6-11(10)14)7-12(15)9-2-1-3-9/h4-6,9,12H,1-3,7,15H2. The zero-order chi connectivity index (χ0) is 10.8. The van der Waals surface area contributed by atoms with Gasteiger partial charge in [0.05, 0.1) is 5.02 Å². The lowest BCUT2D eigenvalue weighted by Crippen LogP contribution is -2.36. The van der Waals surface area contributed by atoms with Gasteiger partial charge in [0.2, 0.25) is 0 Å². The summed E-state index contributed by atoms with van der Waals surface area (Å²) in [5, 5.41) is 0.177. The van der Waals surface area contributed by atoms with Gasteiger partial charge >= 0.3 is 0 Å². The molecule has 0 amide bonds. The first kappa shape index (κ1) is 10.9. The average molecular weight is 228 g/mol. The van der Waals surface area contributed by atoms with Crippen LogP contribution in [-0.2, 0) is 6.42 Å². The topological polar surface area (TPSA) is 26.0 Å². The van der Waals surface area contributed by atoms with Gasteiger partial charge in [-0.05, 0) is 42.9 Å². The van der Waals surface area contributed by atoms with Crippen LogP contribution in [0.1, 0.15) is 24.8 Å². The maximum atomic E-state index is 13.2. The van der Waals surface area contributed by atoms with E-state index in [-0.39, 0.29) is 16.9 Å². The minimum atomic E-state index is -0.352. The summed E-state index contributed by atoms with van der Waals surface area (Å²) < 4.78 is 13.2. The molecule has 0 saturated heterocycles.